The van der Waals surface area contributed by atoms with Gasteiger partial charge in [0.15, 0.2) is 5.82 Å². The molecule has 1 aliphatic rings. The number of likely N-dealkylation sites (N-methyl/N-ethyl adjacent to an activating group) is 1. The first-order valence-corrected chi connectivity index (χ1v) is 7.05. The topological polar surface area (TPSA) is 51.0 Å². The molecule has 0 aromatic carbocycles. The molecule has 4 nitrogen and oxygen atoms in total. The fourth-order valence-corrected chi connectivity index (χ4v) is 2.55. The highest BCUT2D eigenvalue weighted by molar-refractivity contribution is 5.15. The van der Waals surface area contributed by atoms with Crippen LogP contribution in [0.5, 0.6) is 0 Å². The highest BCUT2D eigenvalue weighted by Gasteiger charge is 2.44. The molecule has 4 heteroatoms. The molecular formula is C14H25N3O. The Bertz CT molecular complexity index is 395. The molecule has 2 rings (SSSR count). The number of rotatable bonds is 6. The van der Waals surface area contributed by atoms with Crippen LogP contribution in [0.2, 0.25) is 0 Å². The van der Waals surface area contributed by atoms with E-state index in [0.29, 0.717) is 12.0 Å². The molecule has 0 amide bonds. The van der Waals surface area contributed by atoms with E-state index in [4.69, 9.17) is 4.52 Å². The lowest BCUT2D eigenvalue weighted by molar-refractivity contribution is 0.280. The van der Waals surface area contributed by atoms with Crippen LogP contribution in [0.4, 0.5) is 0 Å². The zero-order valence-electron chi connectivity index (χ0n) is 12.2. The fraction of sp³-hybridized carbons (Fsp3) is 0.857. The van der Waals surface area contributed by atoms with E-state index in [9.17, 15) is 0 Å². The Labute approximate surface area is 110 Å². The molecule has 18 heavy (non-hydrogen) atoms. The third-order valence-electron chi connectivity index (χ3n) is 4.05. The summed E-state index contributed by atoms with van der Waals surface area (Å²) in [6.45, 7) is 11.9. The number of hydrogen-bond donors (Lipinski definition) is 1. The number of nitrogens with one attached hydrogen (secondary N) is 1. The lowest BCUT2D eigenvalue weighted by Gasteiger charge is -2.24. The van der Waals surface area contributed by atoms with Crippen molar-refractivity contribution in [3.63, 3.8) is 0 Å². The second-order valence-corrected chi connectivity index (χ2v) is 6.13. The van der Waals surface area contributed by atoms with Crippen molar-refractivity contribution in [2.45, 2.75) is 64.8 Å². The van der Waals surface area contributed by atoms with Crippen molar-refractivity contribution < 1.29 is 4.52 Å². The Morgan fingerprint density at radius 2 is 2.00 bits per heavy atom. The van der Waals surface area contributed by atoms with Gasteiger partial charge in [-0.3, -0.25) is 0 Å². The molecule has 0 bridgehead atoms. The fourth-order valence-electron chi connectivity index (χ4n) is 2.55. The SMILES string of the molecule is CCNC(C)C(c1nc(C2(C)CC2)no1)C(C)C. The summed E-state index contributed by atoms with van der Waals surface area (Å²) in [6.07, 6.45) is 2.36. The molecule has 1 aliphatic carbocycles. The molecule has 0 spiro atoms. The molecule has 1 heterocycles. The molecule has 2 unspecified atom stereocenters. The van der Waals surface area contributed by atoms with Crippen molar-refractivity contribution >= 4 is 0 Å². The summed E-state index contributed by atoms with van der Waals surface area (Å²) < 4.78 is 5.52. The lowest BCUT2D eigenvalue weighted by Crippen LogP contribution is -2.34. The van der Waals surface area contributed by atoms with Crippen LogP contribution < -0.4 is 5.32 Å². The van der Waals surface area contributed by atoms with E-state index in [0.717, 1.165) is 18.3 Å². The van der Waals surface area contributed by atoms with Gasteiger partial charge in [0.05, 0.1) is 5.92 Å². The van der Waals surface area contributed by atoms with Gasteiger partial charge in [-0.25, -0.2) is 0 Å². The standard InChI is InChI=1S/C14H25N3O/c1-6-15-10(4)11(9(2)3)12-16-13(17-18-12)14(5)7-8-14/h9-11,15H,6-8H2,1-5H3. The minimum absolute atomic E-state index is 0.185. The van der Waals surface area contributed by atoms with E-state index in [1.807, 2.05) is 0 Å². The van der Waals surface area contributed by atoms with Gasteiger partial charge in [0.2, 0.25) is 5.89 Å². The molecule has 0 aliphatic heterocycles. The Morgan fingerprint density at radius 1 is 1.33 bits per heavy atom. The van der Waals surface area contributed by atoms with Crippen LogP contribution in [0.1, 0.15) is 65.1 Å². The molecule has 1 N–H and O–H groups in total. The van der Waals surface area contributed by atoms with E-state index in [1.165, 1.54) is 12.8 Å². The average Bonchev–Trinajstić information content (AvgIpc) is 2.86. The smallest absolute Gasteiger partial charge is 0.231 e. The van der Waals surface area contributed by atoms with E-state index >= 15 is 0 Å². The molecular weight excluding hydrogens is 226 g/mol. The zero-order chi connectivity index (χ0) is 13.3. The zero-order valence-corrected chi connectivity index (χ0v) is 12.2. The minimum Gasteiger partial charge on any atom is -0.339 e. The van der Waals surface area contributed by atoms with E-state index in [1.54, 1.807) is 0 Å². The predicted octanol–water partition coefficient (Wildman–Crippen LogP) is 2.86. The van der Waals surface area contributed by atoms with Crippen LogP contribution in [0.15, 0.2) is 4.52 Å². The first kappa shape index (κ1) is 13.5. The maximum absolute atomic E-state index is 5.52. The Morgan fingerprint density at radius 3 is 2.50 bits per heavy atom. The van der Waals surface area contributed by atoms with Gasteiger partial charge in [-0.1, -0.05) is 32.9 Å². The van der Waals surface area contributed by atoms with E-state index < -0.39 is 0 Å². The summed E-state index contributed by atoms with van der Waals surface area (Å²) in [5.41, 5.74) is 0.185. The van der Waals surface area contributed by atoms with Crippen molar-refractivity contribution in [2.75, 3.05) is 6.54 Å². The largest absolute Gasteiger partial charge is 0.339 e. The Kier molecular flexibility index (Phi) is 3.76. The number of hydrogen-bond acceptors (Lipinski definition) is 4. The first-order chi connectivity index (χ1) is 8.48. The Hall–Kier alpha value is -0.900. The van der Waals surface area contributed by atoms with Crippen LogP contribution in [0.25, 0.3) is 0 Å². The number of nitrogens with zero attached hydrogens (tertiary/aromatic N) is 2. The van der Waals surface area contributed by atoms with E-state index in [2.05, 4.69) is 50.1 Å². The van der Waals surface area contributed by atoms with Crippen molar-refractivity contribution in [3.8, 4) is 0 Å². The first-order valence-electron chi connectivity index (χ1n) is 7.05. The molecule has 0 radical (unpaired) electrons. The maximum Gasteiger partial charge on any atom is 0.231 e. The maximum atomic E-state index is 5.52. The normalized spacial score (nSPS) is 21.0. The molecule has 2 atom stereocenters. The molecule has 1 fully saturated rings. The van der Waals surface area contributed by atoms with E-state index in [-0.39, 0.29) is 11.3 Å². The summed E-state index contributed by atoms with van der Waals surface area (Å²) >= 11 is 0. The van der Waals surface area contributed by atoms with Gasteiger partial charge >= 0.3 is 0 Å². The summed E-state index contributed by atoms with van der Waals surface area (Å²) in [6, 6.07) is 0.357. The van der Waals surface area contributed by atoms with Gasteiger partial charge in [0, 0.05) is 11.5 Å². The third-order valence-corrected chi connectivity index (χ3v) is 4.05. The quantitative estimate of drug-likeness (QED) is 0.844. The van der Waals surface area contributed by atoms with Gasteiger partial charge in [-0.05, 0) is 32.2 Å². The highest BCUT2D eigenvalue weighted by Crippen LogP contribution is 2.46. The molecule has 1 aromatic heterocycles. The van der Waals surface area contributed by atoms with Crippen LogP contribution >= 0.6 is 0 Å². The van der Waals surface area contributed by atoms with Crippen molar-refractivity contribution in [3.05, 3.63) is 11.7 Å². The monoisotopic (exact) mass is 251 g/mol. The summed E-state index contributed by atoms with van der Waals surface area (Å²) in [5, 5.41) is 7.64. The van der Waals surface area contributed by atoms with Crippen molar-refractivity contribution in [1.82, 2.24) is 15.5 Å². The molecule has 1 aromatic rings. The Balaban J connectivity index is 2.17. The number of aromatic nitrogens is 2. The van der Waals surface area contributed by atoms with Crippen molar-refractivity contribution in [1.29, 1.82) is 0 Å². The molecule has 102 valence electrons. The van der Waals surface area contributed by atoms with Gasteiger partial charge in [-0.15, -0.1) is 0 Å². The van der Waals surface area contributed by atoms with Gasteiger partial charge in [-0.2, -0.15) is 4.98 Å². The highest BCUT2D eigenvalue weighted by atomic mass is 16.5. The van der Waals surface area contributed by atoms with Crippen LogP contribution in [0.3, 0.4) is 0 Å². The minimum atomic E-state index is 0.185. The third kappa shape index (κ3) is 2.58. The summed E-state index contributed by atoms with van der Waals surface area (Å²) in [4.78, 5) is 4.65. The second kappa shape index (κ2) is 5.00. The molecule has 0 saturated heterocycles. The van der Waals surface area contributed by atoms with Gasteiger partial charge < -0.3 is 9.84 Å². The summed E-state index contributed by atoms with van der Waals surface area (Å²) in [5.74, 6) is 2.46. The van der Waals surface area contributed by atoms with Gasteiger partial charge in [0.1, 0.15) is 0 Å². The van der Waals surface area contributed by atoms with Gasteiger partial charge in [0.25, 0.3) is 0 Å². The van der Waals surface area contributed by atoms with Crippen LogP contribution in [-0.2, 0) is 5.41 Å². The molecule has 1 saturated carbocycles. The lowest BCUT2D eigenvalue weighted by atomic mass is 9.89. The van der Waals surface area contributed by atoms with Crippen LogP contribution in [0, 0.1) is 5.92 Å². The van der Waals surface area contributed by atoms with Crippen LogP contribution in [-0.4, -0.2) is 22.7 Å². The summed E-state index contributed by atoms with van der Waals surface area (Å²) in [7, 11) is 0. The predicted molar refractivity (Wildman–Crippen MR) is 71.6 cm³/mol. The second-order valence-electron chi connectivity index (χ2n) is 6.13. The average molecular weight is 251 g/mol. The van der Waals surface area contributed by atoms with Crippen molar-refractivity contribution in [2.24, 2.45) is 5.92 Å².